The van der Waals surface area contributed by atoms with Crippen LogP contribution in [0.3, 0.4) is 0 Å². The molecule has 0 spiro atoms. The molecule has 1 aromatic carbocycles. The molecule has 0 amide bonds. The van der Waals surface area contributed by atoms with Gasteiger partial charge in [0.1, 0.15) is 0 Å². The summed E-state index contributed by atoms with van der Waals surface area (Å²) in [6.07, 6.45) is 2.69. The van der Waals surface area contributed by atoms with Crippen LogP contribution in [-0.2, 0) is 6.54 Å². The molecule has 4 nitrogen and oxygen atoms in total. The average Bonchev–Trinajstić information content (AvgIpc) is 2.90. The van der Waals surface area contributed by atoms with E-state index in [-0.39, 0.29) is 5.75 Å². The second-order valence-corrected chi connectivity index (χ2v) is 5.29. The summed E-state index contributed by atoms with van der Waals surface area (Å²) in [5.74, 6) is 0.747. The Morgan fingerprint density at radius 1 is 1.32 bits per heavy atom. The third-order valence-corrected chi connectivity index (χ3v) is 3.69. The molecule has 1 N–H and O–H groups in total. The largest absolute Gasteiger partial charge is 0.504 e. The summed E-state index contributed by atoms with van der Waals surface area (Å²) in [4.78, 5) is 4.81. The lowest BCUT2D eigenvalue weighted by atomic mass is 10.2. The van der Waals surface area contributed by atoms with Gasteiger partial charge in [0.15, 0.2) is 11.5 Å². The Morgan fingerprint density at radius 2 is 2.05 bits per heavy atom. The Kier molecular flexibility index (Phi) is 5.05. The second-order valence-electron chi connectivity index (χ2n) is 5.29. The van der Waals surface area contributed by atoms with Gasteiger partial charge in [0.2, 0.25) is 0 Å². The molecule has 0 saturated carbocycles. The molecule has 1 saturated heterocycles. The molecule has 1 aliphatic rings. The van der Waals surface area contributed by atoms with Crippen molar-refractivity contribution in [3.63, 3.8) is 0 Å². The van der Waals surface area contributed by atoms with Crippen LogP contribution in [0.2, 0.25) is 0 Å². The van der Waals surface area contributed by atoms with E-state index in [1.807, 2.05) is 12.1 Å². The highest BCUT2D eigenvalue weighted by molar-refractivity contribution is 5.41. The normalized spacial score (nSPS) is 16.2. The zero-order chi connectivity index (χ0) is 13.7. The standard InChI is InChI=1S/C15H24N2O2/c1-16(9-10-17-7-3-4-8-17)12-13-5-6-15(19-2)14(18)11-13/h5-6,11,18H,3-4,7-10,12H2,1-2H3. The molecular weight excluding hydrogens is 240 g/mol. The Labute approximate surface area is 115 Å². The first-order valence-corrected chi connectivity index (χ1v) is 6.96. The fourth-order valence-corrected chi connectivity index (χ4v) is 2.54. The van der Waals surface area contributed by atoms with Gasteiger partial charge < -0.3 is 19.6 Å². The fraction of sp³-hybridized carbons (Fsp3) is 0.600. The minimum absolute atomic E-state index is 0.216. The zero-order valence-corrected chi connectivity index (χ0v) is 11.9. The zero-order valence-electron chi connectivity index (χ0n) is 11.9. The van der Waals surface area contributed by atoms with Crippen LogP contribution in [0.4, 0.5) is 0 Å². The van der Waals surface area contributed by atoms with E-state index in [1.165, 1.54) is 25.9 Å². The van der Waals surface area contributed by atoms with E-state index in [0.717, 1.165) is 25.2 Å². The van der Waals surface area contributed by atoms with Gasteiger partial charge in [-0.1, -0.05) is 6.07 Å². The van der Waals surface area contributed by atoms with E-state index in [2.05, 4.69) is 16.8 Å². The topological polar surface area (TPSA) is 35.9 Å². The van der Waals surface area contributed by atoms with E-state index in [1.54, 1.807) is 13.2 Å². The van der Waals surface area contributed by atoms with Gasteiger partial charge in [-0.15, -0.1) is 0 Å². The third-order valence-electron chi connectivity index (χ3n) is 3.69. The van der Waals surface area contributed by atoms with Gasteiger partial charge in [-0.05, 0) is 50.7 Å². The molecule has 106 valence electrons. The maximum Gasteiger partial charge on any atom is 0.160 e. The van der Waals surface area contributed by atoms with Crippen LogP contribution in [0.15, 0.2) is 18.2 Å². The average molecular weight is 264 g/mol. The van der Waals surface area contributed by atoms with E-state index in [9.17, 15) is 5.11 Å². The molecule has 0 aromatic heterocycles. The predicted molar refractivity (Wildman–Crippen MR) is 76.7 cm³/mol. The Bertz CT molecular complexity index is 403. The molecule has 1 aliphatic heterocycles. The highest BCUT2D eigenvalue weighted by atomic mass is 16.5. The summed E-state index contributed by atoms with van der Waals surface area (Å²) in [6.45, 7) is 5.55. The van der Waals surface area contributed by atoms with Crippen LogP contribution in [0.5, 0.6) is 11.5 Å². The van der Waals surface area contributed by atoms with Gasteiger partial charge in [0.05, 0.1) is 7.11 Å². The Balaban J connectivity index is 1.80. The van der Waals surface area contributed by atoms with Crippen LogP contribution < -0.4 is 4.74 Å². The minimum atomic E-state index is 0.216. The van der Waals surface area contributed by atoms with Crippen LogP contribution in [0.25, 0.3) is 0 Å². The van der Waals surface area contributed by atoms with Crippen molar-refractivity contribution in [1.29, 1.82) is 0 Å². The molecule has 1 aromatic rings. The summed E-state index contributed by atoms with van der Waals surface area (Å²) >= 11 is 0. The van der Waals surface area contributed by atoms with Crippen molar-refractivity contribution in [3.8, 4) is 11.5 Å². The summed E-state index contributed by atoms with van der Waals surface area (Å²) in [7, 11) is 3.69. The molecule has 2 rings (SSSR count). The number of phenolic OH excluding ortho intramolecular Hbond substituents is 1. The van der Waals surface area contributed by atoms with E-state index in [4.69, 9.17) is 4.74 Å². The summed E-state index contributed by atoms with van der Waals surface area (Å²) in [6, 6.07) is 5.61. The number of rotatable bonds is 6. The number of benzene rings is 1. The van der Waals surface area contributed by atoms with Gasteiger partial charge in [0.25, 0.3) is 0 Å². The number of hydrogen-bond donors (Lipinski definition) is 1. The second kappa shape index (κ2) is 6.78. The van der Waals surface area contributed by atoms with Gasteiger partial charge in [-0.2, -0.15) is 0 Å². The fourth-order valence-electron chi connectivity index (χ4n) is 2.54. The molecule has 0 radical (unpaired) electrons. The first kappa shape index (κ1) is 14.2. The maximum absolute atomic E-state index is 9.75. The molecule has 1 fully saturated rings. The number of ether oxygens (including phenoxy) is 1. The van der Waals surface area contributed by atoms with Crippen molar-refractivity contribution in [3.05, 3.63) is 23.8 Å². The molecule has 4 heteroatoms. The summed E-state index contributed by atoms with van der Waals surface area (Å²) in [5.41, 5.74) is 1.11. The molecule has 0 bridgehead atoms. The van der Waals surface area contributed by atoms with E-state index >= 15 is 0 Å². The number of phenols is 1. The lowest BCUT2D eigenvalue weighted by Gasteiger charge is -2.21. The van der Waals surface area contributed by atoms with Gasteiger partial charge in [0, 0.05) is 19.6 Å². The Morgan fingerprint density at radius 3 is 2.68 bits per heavy atom. The molecule has 19 heavy (non-hydrogen) atoms. The SMILES string of the molecule is COc1ccc(CN(C)CCN2CCCC2)cc1O. The number of hydrogen-bond acceptors (Lipinski definition) is 4. The lowest BCUT2D eigenvalue weighted by Crippen LogP contribution is -2.31. The minimum Gasteiger partial charge on any atom is -0.504 e. The van der Waals surface area contributed by atoms with Crippen LogP contribution in [0, 0.1) is 0 Å². The van der Waals surface area contributed by atoms with Gasteiger partial charge >= 0.3 is 0 Å². The van der Waals surface area contributed by atoms with Crippen molar-refractivity contribution in [1.82, 2.24) is 9.80 Å². The number of methoxy groups -OCH3 is 1. The highest BCUT2D eigenvalue weighted by Gasteiger charge is 2.12. The van der Waals surface area contributed by atoms with Crippen molar-refractivity contribution in [2.75, 3.05) is 40.3 Å². The monoisotopic (exact) mass is 264 g/mol. The quantitative estimate of drug-likeness (QED) is 0.851. The summed E-state index contributed by atoms with van der Waals surface area (Å²) in [5, 5.41) is 9.75. The maximum atomic E-state index is 9.75. The van der Waals surface area contributed by atoms with Crippen molar-refractivity contribution in [2.45, 2.75) is 19.4 Å². The van der Waals surface area contributed by atoms with Crippen LogP contribution >= 0.6 is 0 Å². The van der Waals surface area contributed by atoms with Crippen LogP contribution in [-0.4, -0.2) is 55.2 Å². The number of nitrogens with zero attached hydrogens (tertiary/aromatic N) is 2. The molecule has 0 unspecified atom stereocenters. The number of likely N-dealkylation sites (tertiary alicyclic amines) is 1. The van der Waals surface area contributed by atoms with Gasteiger partial charge in [-0.25, -0.2) is 0 Å². The molecule has 1 heterocycles. The highest BCUT2D eigenvalue weighted by Crippen LogP contribution is 2.26. The Hall–Kier alpha value is -1.26. The first-order valence-electron chi connectivity index (χ1n) is 6.96. The molecular formula is C15H24N2O2. The van der Waals surface area contributed by atoms with Crippen molar-refractivity contribution < 1.29 is 9.84 Å². The molecule has 0 atom stereocenters. The van der Waals surface area contributed by atoms with Crippen molar-refractivity contribution in [2.24, 2.45) is 0 Å². The van der Waals surface area contributed by atoms with E-state index in [0.29, 0.717) is 5.75 Å². The third kappa shape index (κ3) is 4.11. The first-order chi connectivity index (χ1) is 9.19. The van der Waals surface area contributed by atoms with E-state index < -0.39 is 0 Å². The van der Waals surface area contributed by atoms with Crippen molar-refractivity contribution >= 4 is 0 Å². The smallest absolute Gasteiger partial charge is 0.160 e. The number of likely N-dealkylation sites (N-methyl/N-ethyl adjacent to an activating group) is 1. The lowest BCUT2D eigenvalue weighted by molar-refractivity contribution is 0.252. The van der Waals surface area contributed by atoms with Gasteiger partial charge in [-0.3, -0.25) is 0 Å². The molecule has 0 aliphatic carbocycles. The summed E-state index contributed by atoms with van der Waals surface area (Å²) < 4.78 is 5.05. The van der Waals surface area contributed by atoms with Crippen LogP contribution in [0.1, 0.15) is 18.4 Å². The predicted octanol–water partition coefficient (Wildman–Crippen LogP) is 1.93. The number of aromatic hydroxyl groups is 1.